The number of methoxy groups -OCH3 is 1. The monoisotopic (exact) mass is 303 g/mol. The number of aromatic nitrogens is 2. The van der Waals surface area contributed by atoms with Crippen LogP contribution < -0.4 is 5.73 Å². The third-order valence-corrected chi connectivity index (χ3v) is 3.13. The first kappa shape index (κ1) is 14.7. The van der Waals surface area contributed by atoms with Gasteiger partial charge in [0, 0.05) is 13.2 Å². The summed E-state index contributed by atoms with van der Waals surface area (Å²) in [7, 11) is 1.69. The Morgan fingerprint density at radius 2 is 2.18 bits per heavy atom. The molecule has 98 valence electrons. The van der Waals surface area contributed by atoms with E-state index < -0.39 is 0 Å². The number of hydrogen-bond acceptors (Lipinski definition) is 3. The van der Waals surface area contributed by atoms with Crippen molar-refractivity contribution in [2.45, 2.75) is 39.8 Å². The lowest BCUT2D eigenvalue weighted by Crippen LogP contribution is -2.23. The van der Waals surface area contributed by atoms with E-state index in [1.165, 1.54) is 0 Å². The minimum Gasteiger partial charge on any atom is -0.383 e. The van der Waals surface area contributed by atoms with Crippen LogP contribution in [0, 0.1) is 5.41 Å². The van der Waals surface area contributed by atoms with Crippen LogP contribution in [0.5, 0.6) is 0 Å². The first-order valence-corrected chi connectivity index (χ1v) is 6.60. The van der Waals surface area contributed by atoms with Crippen LogP contribution in [0.3, 0.4) is 0 Å². The van der Waals surface area contributed by atoms with Crippen molar-refractivity contribution in [3.05, 3.63) is 16.4 Å². The second kappa shape index (κ2) is 5.98. The minimum atomic E-state index is -0.0104. The van der Waals surface area contributed by atoms with Crippen molar-refractivity contribution in [1.29, 1.82) is 0 Å². The molecule has 1 aromatic rings. The molecule has 0 aliphatic heterocycles. The summed E-state index contributed by atoms with van der Waals surface area (Å²) in [6, 6.07) is -0.0104. The number of halogens is 1. The largest absolute Gasteiger partial charge is 0.383 e. The van der Waals surface area contributed by atoms with E-state index in [9.17, 15) is 0 Å². The van der Waals surface area contributed by atoms with Gasteiger partial charge in [0.1, 0.15) is 0 Å². The summed E-state index contributed by atoms with van der Waals surface area (Å²) in [5, 5.41) is 4.31. The van der Waals surface area contributed by atoms with Gasteiger partial charge in [0.2, 0.25) is 0 Å². The van der Waals surface area contributed by atoms with E-state index in [4.69, 9.17) is 10.5 Å². The van der Waals surface area contributed by atoms with Crippen LogP contribution in [0.15, 0.2) is 10.7 Å². The molecular formula is C12H22BrN3O. The van der Waals surface area contributed by atoms with E-state index in [2.05, 4.69) is 41.8 Å². The average Bonchev–Trinajstić information content (AvgIpc) is 2.54. The summed E-state index contributed by atoms with van der Waals surface area (Å²) >= 11 is 3.51. The Morgan fingerprint density at radius 3 is 2.71 bits per heavy atom. The summed E-state index contributed by atoms with van der Waals surface area (Å²) in [6.07, 6.45) is 2.72. The van der Waals surface area contributed by atoms with E-state index in [-0.39, 0.29) is 11.5 Å². The van der Waals surface area contributed by atoms with Gasteiger partial charge in [-0.15, -0.1) is 0 Å². The van der Waals surface area contributed by atoms with Crippen LogP contribution >= 0.6 is 15.9 Å². The predicted molar refractivity (Wildman–Crippen MR) is 72.8 cm³/mol. The molecular weight excluding hydrogens is 282 g/mol. The van der Waals surface area contributed by atoms with Crippen LogP contribution in [0.25, 0.3) is 0 Å². The molecule has 0 fully saturated rings. The first-order chi connectivity index (χ1) is 7.85. The third kappa shape index (κ3) is 4.41. The van der Waals surface area contributed by atoms with Gasteiger partial charge < -0.3 is 10.5 Å². The third-order valence-electron chi connectivity index (χ3n) is 2.52. The molecule has 0 aliphatic carbocycles. The van der Waals surface area contributed by atoms with Crippen molar-refractivity contribution in [3.63, 3.8) is 0 Å². The Balaban J connectivity index is 2.83. The van der Waals surface area contributed by atoms with Crippen LogP contribution in [-0.2, 0) is 11.3 Å². The average molecular weight is 304 g/mol. The molecule has 0 saturated heterocycles. The minimum absolute atomic E-state index is 0.0104. The maximum Gasteiger partial charge on any atom is 0.0694 e. The van der Waals surface area contributed by atoms with Gasteiger partial charge in [-0.25, -0.2) is 0 Å². The second-order valence-corrected chi connectivity index (χ2v) is 6.32. The Hall–Kier alpha value is -0.390. The lowest BCUT2D eigenvalue weighted by Gasteiger charge is -2.24. The molecule has 0 amide bonds. The van der Waals surface area contributed by atoms with Gasteiger partial charge in [0.15, 0.2) is 0 Å². The molecule has 1 unspecified atom stereocenters. The normalized spacial score (nSPS) is 14.0. The van der Waals surface area contributed by atoms with Gasteiger partial charge in [-0.2, -0.15) is 5.10 Å². The predicted octanol–water partition coefficient (Wildman–Crippen LogP) is 2.73. The van der Waals surface area contributed by atoms with Crippen molar-refractivity contribution < 1.29 is 4.74 Å². The molecule has 0 bridgehead atoms. The molecule has 0 aliphatic rings. The van der Waals surface area contributed by atoms with Crippen molar-refractivity contribution in [2.75, 3.05) is 13.7 Å². The lowest BCUT2D eigenvalue weighted by molar-refractivity contribution is 0.181. The topological polar surface area (TPSA) is 53.1 Å². The fourth-order valence-electron chi connectivity index (χ4n) is 1.85. The van der Waals surface area contributed by atoms with E-state index in [0.717, 1.165) is 23.1 Å². The highest BCUT2D eigenvalue weighted by atomic mass is 79.9. The van der Waals surface area contributed by atoms with Crippen molar-refractivity contribution in [1.82, 2.24) is 9.78 Å². The number of ether oxygens (including phenoxy) is 1. The first-order valence-electron chi connectivity index (χ1n) is 5.81. The maximum atomic E-state index is 6.27. The fraction of sp³-hybridized carbons (Fsp3) is 0.750. The molecule has 1 heterocycles. The maximum absolute atomic E-state index is 6.27. The number of nitrogens with zero attached hydrogens (tertiary/aromatic N) is 2. The molecule has 4 nitrogen and oxygen atoms in total. The van der Waals surface area contributed by atoms with E-state index in [0.29, 0.717) is 6.61 Å². The van der Waals surface area contributed by atoms with Gasteiger partial charge in [-0.05, 0) is 27.8 Å². The van der Waals surface area contributed by atoms with Crippen molar-refractivity contribution in [3.8, 4) is 0 Å². The van der Waals surface area contributed by atoms with Crippen LogP contribution in [0.1, 0.15) is 38.9 Å². The molecule has 2 N–H and O–H groups in total. The summed E-state index contributed by atoms with van der Waals surface area (Å²) < 4.78 is 7.97. The number of nitrogens with two attached hydrogens (primary N) is 1. The Morgan fingerprint density at radius 1 is 1.53 bits per heavy atom. The quantitative estimate of drug-likeness (QED) is 0.910. The highest BCUT2D eigenvalue weighted by Crippen LogP contribution is 2.31. The van der Waals surface area contributed by atoms with Gasteiger partial charge >= 0.3 is 0 Å². The van der Waals surface area contributed by atoms with Crippen molar-refractivity contribution in [2.24, 2.45) is 11.1 Å². The zero-order valence-corrected chi connectivity index (χ0v) is 12.6. The smallest absolute Gasteiger partial charge is 0.0694 e. The molecule has 0 spiro atoms. The van der Waals surface area contributed by atoms with E-state index >= 15 is 0 Å². The summed E-state index contributed by atoms with van der Waals surface area (Å²) in [6.45, 7) is 7.95. The molecule has 1 aromatic heterocycles. The highest BCUT2D eigenvalue weighted by molar-refractivity contribution is 9.10. The van der Waals surface area contributed by atoms with E-state index in [1.807, 2.05) is 4.68 Å². The number of hydrogen-bond donors (Lipinski definition) is 1. The summed E-state index contributed by atoms with van der Waals surface area (Å²) in [5.74, 6) is 0. The highest BCUT2D eigenvalue weighted by Gasteiger charge is 2.22. The summed E-state index contributed by atoms with van der Waals surface area (Å²) in [5.41, 5.74) is 7.52. The molecule has 1 atom stereocenters. The molecule has 0 aromatic carbocycles. The van der Waals surface area contributed by atoms with Gasteiger partial charge in [0.25, 0.3) is 0 Å². The molecule has 17 heavy (non-hydrogen) atoms. The van der Waals surface area contributed by atoms with Crippen molar-refractivity contribution >= 4 is 15.9 Å². The molecule has 0 saturated carbocycles. The standard InChI is InChI=1S/C12H22BrN3O/c1-12(2,3)7-10(14)11-9(13)8-15-16(11)5-6-17-4/h8,10H,5-7,14H2,1-4H3. The second-order valence-electron chi connectivity index (χ2n) is 5.46. The van der Waals surface area contributed by atoms with Gasteiger partial charge in [-0.3, -0.25) is 4.68 Å². The molecule has 5 heteroatoms. The zero-order valence-electron chi connectivity index (χ0n) is 11.0. The Labute approximate surface area is 112 Å². The SMILES string of the molecule is COCCn1ncc(Br)c1C(N)CC(C)(C)C. The Bertz CT molecular complexity index is 357. The lowest BCUT2D eigenvalue weighted by atomic mass is 9.87. The van der Waals surface area contributed by atoms with Crippen LogP contribution in [0.2, 0.25) is 0 Å². The zero-order chi connectivity index (χ0) is 13.1. The van der Waals surface area contributed by atoms with Crippen LogP contribution in [-0.4, -0.2) is 23.5 Å². The van der Waals surface area contributed by atoms with Gasteiger partial charge in [-0.1, -0.05) is 20.8 Å². The van der Waals surface area contributed by atoms with Crippen LogP contribution in [0.4, 0.5) is 0 Å². The fourth-order valence-corrected chi connectivity index (χ4v) is 2.44. The summed E-state index contributed by atoms with van der Waals surface area (Å²) in [4.78, 5) is 0. The molecule has 1 rings (SSSR count). The van der Waals surface area contributed by atoms with Gasteiger partial charge in [0.05, 0.1) is 29.5 Å². The van der Waals surface area contributed by atoms with E-state index in [1.54, 1.807) is 13.3 Å². The Kier molecular flexibility index (Phi) is 5.16. The number of rotatable bonds is 5. The molecule has 0 radical (unpaired) electrons.